The lowest BCUT2D eigenvalue weighted by molar-refractivity contribution is -0.124. The van der Waals surface area contributed by atoms with Crippen molar-refractivity contribution in [2.24, 2.45) is 5.92 Å². The van der Waals surface area contributed by atoms with Gasteiger partial charge in [-0.05, 0) is 5.56 Å². The van der Waals surface area contributed by atoms with Crippen LogP contribution < -0.4 is 10.9 Å². The summed E-state index contributed by atoms with van der Waals surface area (Å²) in [5.74, 6) is -0.872. The zero-order valence-corrected chi connectivity index (χ0v) is 15.3. The molecule has 0 atom stereocenters. The van der Waals surface area contributed by atoms with Gasteiger partial charge in [-0.3, -0.25) is 25.1 Å². The van der Waals surface area contributed by atoms with E-state index < -0.39 is 5.91 Å². The highest BCUT2D eigenvalue weighted by atomic mass is 16.2. The normalized spacial score (nSPS) is 10.6. The van der Waals surface area contributed by atoms with Crippen LogP contribution >= 0.6 is 0 Å². The highest BCUT2D eigenvalue weighted by molar-refractivity contribution is 6.00. The van der Waals surface area contributed by atoms with E-state index in [0.717, 1.165) is 11.1 Å². The number of hydrogen-bond acceptors (Lipinski definition) is 3. The molecular weight excluding hydrogens is 340 g/mol. The van der Waals surface area contributed by atoms with Gasteiger partial charge in [-0.25, -0.2) is 0 Å². The molecule has 0 aliphatic carbocycles. The lowest BCUT2D eigenvalue weighted by atomic mass is 10.1. The van der Waals surface area contributed by atoms with Crippen LogP contribution in [-0.4, -0.2) is 21.6 Å². The molecule has 0 fully saturated rings. The second-order valence-corrected chi connectivity index (χ2v) is 6.54. The first-order valence-electron chi connectivity index (χ1n) is 8.81. The Morgan fingerprint density at radius 1 is 0.963 bits per heavy atom. The van der Waals surface area contributed by atoms with Crippen LogP contribution in [0.4, 0.5) is 0 Å². The van der Waals surface area contributed by atoms with E-state index in [0.29, 0.717) is 17.8 Å². The Labute approximate surface area is 158 Å². The van der Waals surface area contributed by atoms with Gasteiger partial charge in [-0.1, -0.05) is 74.5 Å². The summed E-state index contributed by atoms with van der Waals surface area (Å²) in [6.45, 7) is 4.07. The molecule has 0 saturated heterocycles. The molecule has 2 amide bonds. The Bertz CT molecular complexity index is 918. The molecule has 138 valence electrons. The van der Waals surface area contributed by atoms with E-state index in [2.05, 4.69) is 16.0 Å². The maximum atomic E-state index is 12.7. The van der Waals surface area contributed by atoms with Crippen molar-refractivity contribution in [1.29, 1.82) is 0 Å². The fraction of sp³-hybridized carbons (Fsp3) is 0.190. The van der Waals surface area contributed by atoms with Crippen LogP contribution in [0.3, 0.4) is 0 Å². The highest BCUT2D eigenvalue weighted by Crippen LogP contribution is 2.22. The quantitative estimate of drug-likeness (QED) is 0.685. The van der Waals surface area contributed by atoms with Gasteiger partial charge < -0.3 is 0 Å². The second kappa shape index (κ2) is 8.31. The number of carbonyl (C=O) groups is 2. The van der Waals surface area contributed by atoms with Crippen LogP contribution in [0, 0.1) is 5.92 Å². The van der Waals surface area contributed by atoms with E-state index in [4.69, 9.17) is 0 Å². The van der Waals surface area contributed by atoms with Crippen LogP contribution in [-0.2, 0) is 11.3 Å². The zero-order valence-electron chi connectivity index (χ0n) is 15.3. The Kier molecular flexibility index (Phi) is 5.66. The molecule has 0 spiro atoms. The molecule has 2 N–H and O–H groups in total. The van der Waals surface area contributed by atoms with E-state index in [9.17, 15) is 9.59 Å². The SMILES string of the molecule is CC(C)C(=O)NNC(=O)c1cn(Cc2ccccc2)nc1-c1ccccc1. The fourth-order valence-corrected chi connectivity index (χ4v) is 2.58. The highest BCUT2D eigenvalue weighted by Gasteiger charge is 2.19. The lowest BCUT2D eigenvalue weighted by Gasteiger charge is -2.09. The maximum absolute atomic E-state index is 12.7. The zero-order chi connectivity index (χ0) is 19.2. The van der Waals surface area contributed by atoms with Crippen molar-refractivity contribution in [2.45, 2.75) is 20.4 Å². The summed E-state index contributed by atoms with van der Waals surface area (Å²) in [4.78, 5) is 24.4. The second-order valence-electron chi connectivity index (χ2n) is 6.54. The standard InChI is InChI=1S/C21H22N4O2/c1-15(2)20(26)22-23-21(27)18-14-25(13-16-9-5-3-6-10-16)24-19(18)17-11-7-4-8-12-17/h3-12,14-15H,13H2,1-2H3,(H,22,26)(H,23,27). The average molecular weight is 362 g/mol. The smallest absolute Gasteiger partial charge is 0.273 e. The Morgan fingerprint density at radius 2 is 1.59 bits per heavy atom. The number of aromatic nitrogens is 2. The predicted octanol–water partition coefficient (Wildman–Crippen LogP) is 3.02. The van der Waals surface area contributed by atoms with Gasteiger partial charge in [0.1, 0.15) is 5.69 Å². The third kappa shape index (κ3) is 4.61. The van der Waals surface area contributed by atoms with Crippen LogP contribution in [0.5, 0.6) is 0 Å². The van der Waals surface area contributed by atoms with E-state index in [1.807, 2.05) is 60.7 Å². The summed E-state index contributed by atoms with van der Waals surface area (Å²) in [5.41, 5.74) is 7.81. The number of rotatable bonds is 5. The molecule has 0 aliphatic rings. The molecule has 1 aromatic heterocycles. The molecule has 3 aromatic rings. The minimum atomic E-state index is -0.401. The van der Waals surface area contributed by atoms with Crippen LogP contribution in [0.2, 0.25) is 0 Å². The molecule has 27 heavy (non-hydrogen) atoms. The Hall–Kier alpha value is -3.41. The van der Waals surface area contributed by atoms with E-state index in [1.54, 1.807) is 24.7 Å². The number of nitrogens with one attached hydrogen (secondary N) is 2. The van der Waals surface area contributed by atoms with E-state index >= 15 is 0 Å². The molecule has 0 bridgehead atoms. The topological polar surface area (TPSA) is 76.0 Å². The Balaban J connectivity index is 1.88. The monoisotopic (exact) mass is 362 g/mol. The fourth-order valence-electron chi connectivity index (χ4n) is 2.58. The number of hydrazine groups is 1. The van der Waals surface area contributed by atoms with Crippen LogP contribution in [0.25, 0.3) is 11.3 Å². The summed E-state index contributed by atoms with van der Waals surface area (Å²) in [5, 5.41) is 4.60. The summed E-state index contributed by atoms with van der Waals surface area (Å²) < 4.78 is 1.73. The van der Waals surface area contributed by atoms with Gasteiger partial charge in [0, 0.05) is 17.7 Å². The van der Waals surface area contributed by atoms with Crippen molar-refractivity contribution in [3.8, 4) is 11.3 Å². The van der Waals surface area contributed by atoms with Crippen molar-refractivity contribution >= 4 is 11.8 Å². The Morgan fingerprint density at radius 3 is 2.22 bits per heavy atom. The first kappa shape index (κ1) is 18.4. The van der Waals surface area contributed by atoms with Gasteiger partial charge in [0.15, 0.2) is 0 Å². The molecule has 6 heteroatoms. The predicted molar refractivity (Wildman–Crippen MR) is 104 cm³/mol. The van der Waals surface area contributed by atoms with E-state index in [-0.39, 0.29) is 11.8 Å². The average Bonchev–Trinajstić information content (AvgIpc) is 3.11. The van der Waals surface area contributed by atoms with Crippen LogP contribution in [0.1, 0.15) is 29.8 Å². The summed E-state index contributed by atoms with van der Waals surface area (Å²) >= 11 is 0. The van der Waals surface area contributed by atoms with Crippen molar-refractivity contribution in [3.05, 3.63) is 78.0 Å². The number of benzene rings is 2. The molecule has 1 heterocycles. The van der Waals surface area contributed by atoms with Gasteiger partial charge in [-0.15, -0.1) is 0 Å². The van der Waals surface area contributed by atoms with E-state index in [1.165, 1.54) is 0 Å². The number of nitrogens with zero attached hydrogens (tertiary/aromatic N) is 2. The van der Waals surface area contributed by atoms with Crippen molar-refractivity contribution in [1.82, 2.24) is 20.6 Å². The van der Waals surface area contributed by atoms with Crippen molar-refractivity contribution in [2.75, 3.05) is 0 Å². The third-order valence-electron chi connectivity index (χ3n) is 4.06. The number of amides is 2. The third-order valence-corrected chi connectivity index (χ3v) is 4.06. The largest absolute Gasteiger partial charge is 0.273 e. The maximum Gasteiger partial charge on any atom is 0.273 e. The lowest BCUT2D eigenvalue weighted by Crippen LogP contribution is -2.43. The van der Waals surface area contributed by atoms with Gasteiger partial charge in [-0.2, -0.15) is 5.10 Å². The minimum absolute atomic E-state index is 0.223. The molecular formula is C21H22N4O2. The van der Waals surface area contributed by atoms with Crippen molar-refractivity contribution in [3.63, 3.8) is 0 Å². The van der Waals surface area contributed by atoms with Crippen molar-refractivity contribution < 1.29 is 9.59 Å². The van der Waals surface area contributed by atoms with Gasteiger partial charge >= 0.3 is 0 Å². The molecule has 3 rings (SSSR count). The summed E-state index contributed by atoms with van der Waals surface area (Å²) in [7, 11) is 0. The number of hydrogen-bond donors (Lipinski definition) is 2. The molecule has 0 saturated carbocycles. The van der Waals surface area contributed by atoms with Gasteiger partial charge in [0.05, 0.1) is 12.1 Å². The van der Waals surface area contributed by atoms with Gasteiger partial charge in [0.25, 0.3) is 5.91 Å². The summed E-state index contributed by atoms with van der Waals surface area (Å²) in [6, 6.07) is 19.4. The molecule has 2 aromatic carbocycles. The molecule has 0 unspecified atom stereocenters. The number of carbonyl (C=O) groups excluding carboxylic acids is 2. The van der Waals surface area contributed by atoms with Gasteiger partial charge in [0.2, 0.25) is 5.91 Å². The minimum Gasteiger partial charge on any atom is -0.273 e. The molecule has 0 aliphatic heterocycles. The first-order valence-corrected chi connectivity index (χ1v) is 8.81. The summed E-state index contributed by atoms with van der Waals surface area (Å²) in [6.07, 6.45) is 1.70. The first-order chi connectivity index (χ1) is 13.0. The molecule has 0 radical (unpaired) electrons. The molecule has 6 nitrogen and oxygen atoms in total. The van der Waals surface area contributed by atoms with Crippen LogP contribution in [0.15, 0.2) is 66.9 Å².